The third kappa shape index (κ3) is 10.1. The van der Waals surface area contributed by atoms with Crippen LogP contribution in [0.4, 0.5) is 0 Å². The van der Waals surface area contributed by atoms with Crippen molar-refractivity contribution in [3.63, 3.8) is 0 Å². The highest BCUT2D eigenvalue weighted by Gasteiger charge is 2.35. The first-order valence-electron chi connectivity index (χ1n) is 11.4. The molecule has 0 aromatic rings. The van der Waals surface area contributed by atoms with E-state index in [0.717, 1.165) is 43.6 Å². The molecule has 4 nitrogen and oxygen atoms in total. The van der Waals surface area contributed by atoms with Gasteiger partial charge in [-0.3, -0.25) is 9.28 Å². The summed E-state index contributed by atoms with van der Waals surface area (Å²) < 4.78 is 0.992. The Kier molecular flexibility index (Phi) is 13.1. The molecule has 0 fully saturated rings. The summed E-state index contributed by atoms with van der Waals surface area (Å²) in [5.41, 5.74) is 0. The number of hydrogen-bond acceptors (Lipinski definition) is 2. The number of amides is 1. The summed E-state index contributed by atoms with van der Waals surface area (Å²) in [6.45, 7) is 11.0. The molecule has 0 aliphatic carbocycles. The number of allylic oxidation sites excluding steroid dienone is 2. The van der Waals surface area contributed by atoms with E-state index < -0.39 is 0 Å². The maximum Gasteiger partial charge on any atom is 0.217 e. The fraction of sp³-hybridized carbons (Fsp3) is 0.826. The van der Waals surface area contributed by atoms with Crippen LogP contribution in [0, 0.1) is 0 Å². The van der Waals surface area contributed by atoms with Gasteiger partial charge in [0.1, 0.15) is 13.1 Å². The number of quaternary nitrogens is 1. The van der Waals surface area contributed by atoms with Crippen molar-refractivity contribution in [3.05, 3.63) is 12.2 Å². The fourth-order valence-electron chi connectivity index (χ4n) is 3.98. The highest BCUT2D eigenvalue weighted by molar-refractivity contribution is 5.77. The largest absolute Gasteiger partial charge is 0.351 e. The Morgan fingerprint density at radius 1 is 1.04 bits per heavy atom. The van der Waals surface area contributed by atoms with Crippen molar-refractivity contribution >= 4 is 11.7 Å². The molecular weight excluding hydrogens is 334 g/mol. The van der Waals surface area contributed by atoms with Gasteiger partial charge in [-0.1, -0.05) is 57.6 Å². The zero-order valence-electron chi connectivity index (χ0n) is 18.3. The van der Waals surface area contributed by atoms with E-state index in [1.165, 1.54) is 70.0 Å². The average Bonchev–Trinajstić information content (AvgIpc) is 3.05. The van der Waals surface area contributed by atoms with Gasteiger partial charge in [-0.15, -0.1) is 0 Å². The summed E-state index contributed by atoms with van der Waals surface area (Å²) >= 11 is 0. The molecule has 0 saturated heterocycles. The van der Waals surface area contributed by atoms with Gasteiger partial charge in [-0.25, -0.2) is 4.99 Å². The molecule has 4 heteroatoms. The first-order valence-corrected chi connectivity index (χ1v) is 11.4. The van der Waals surface area contributed by atoms with Gasteiger partial charge < -0.3 is 5.32 Å². The van der Waals surface area contributed by atoms with Crippen LogP contribution in [0.5, 0.6) is 0 Å². The minimum Gasteiger partial charge on any atom is -0.351 e. The van der Waals surface area contributed by atoms with Gasteiger partial charge in [0, 0.05) is 13.3 Å². The second-order valence-electron chi connectivity index (χ2n) is 7.96. The second kappa shape index (κ2) is 14.8. The van der Waals surface area contributed by atoms with Gasteiger partial charge in [-0.2, -0.15) is 0 Å². The number of nitrogens with zero attached hydrogens (tertiary/aromatic N) is 2. The maximum atomic E-state index is 11.1. The molecule has 1 atom stereocenters. The minimum absolute atomic E-state index is 0.0684. The van der Waals surface area contributed by atoms with Gasteiger partial charge in [0.2, 0.25) is 5.91 Å². The molecule has 0 spiro atoms. The molecule has 0 bridgehead atoms. The van der Waals surface area contributed by atoms with E-state index in [1.807, 2.05) is 0 Å². The topological polar surface area (TPSA) is 41.5 Å². The van der Waals surface area contributed by atoms with Crippen molar-refractivity contribution in [2.24, 2.45) is 4.99 Å². The molecular formula is C23H44N3O+. The zero-order valence-corrected chi connectivity index (χ0v) is 18.3. The molecule has 1 heterocycles. The summed E-state index contributed by atoms with van der Waals surface area (Å²) in [7, 11) is 0. The standard InChI is InChI=1S/C23H43N3O/c1-4-6-7-8-9-10-11-12-13-14-15-16-17-23-25-19-21-26(23,5-2)20-18-24-22(3)27/h7-8H,4-6,9-21H2,1-3H3/p+1/b8-7+. The van der Waals surface area contributed by atoms with Gasteiger partial charge in [0.15, 0.2) is 5.84 Å². The van der Waals surface area contributed by atoms with Crippen LogP contribution in [0.1, 0.15) is 91.4 Å². The number of rotatable bonds is 16. The number of aliphatic imine (C=N–C) groups is 1. The number of unbranched alkanes of at least 4 members (excludes halogenated alkanes) is 8. The number of carbonyl (C=O) groups excluding carboxylic acids is 1. The molecule has 0 aromatic carbocycles. The summed E-state index contributed by atoms with van der Waals surface area (Å²) in [6, 6.07) is 0. The second-order valence-corrected chi connectivity index (χ2v) is 7.96. The quantitative estimate of drug-likeness (QED) is 0.223. The lowest BCUT2D eigenvalue weighted by Crippen LogP contribution is -2.54. The predicted octanol–water partition coefficient (Wildman–Crippen LogP) is 5.24. The Bertz CT molecular complexity index is 459. The normalized spacial score (nSPS) is 19.6. The Morgan fingerprint density at radius 2 is 1.70 bits per heavy atom. The molecule has 1 amide bonds. The van der Waals surface area contributed by atoms with E-state index >= 15 is 0 Å². The highest BCUT2D eigenvalue weighted by atomic mass is 16.1. The Morgan fingerprint density at radius 3 is 2.37 bits per heavy atom. The number of amidine groups is 1. The van der Waals surface area contributed by atoms with E-state index in [1.54, 1.807) is 6.92 Å². The number of likely N-dealkylation sites (N-methyl/N-ethyl adjacent to an activating group) is 1. The SMILES string of the molecule is CCC/C=C/CCCCCCCCCC1=NCC[N+]1(CC)CCNC(C)=O. The van der Waals surface area contributed by atoms with Crippen LogP contribution in [0.2, 0.25) is 0 Å². The van der Waals surface area contributed by atoms with Crippen LogP contribution in [0.25, 0.3) is 0 Å². The van der Waals surface area contributed by atoms with Crippen molar-refractivity contribution in [2.75, 3.05) is 32.7 Å². The molecule has 1 aliphatic rings. The summed E-state index contributed by atoms with van der Waals surface area (Å²) in [5.74, 6) is 1.45. The van der Waals surface area contributed by atoms with Crippen LogP contribution in [-0.4, -0.2) is 48.9 Å². The van der Waals surface area contributed by atoms with Crippen molar-refractivity contribution in [3.8, 4) is 0 Å². The highest BCUT2D eigenvalue weighted by Crippen LogP contribution is 2.20. The van der Waals surface area contributed by atoms with E-state index in [2.05, 4.69) is 31.3 Å². The third-order valence-electron chi connectivity index (χ3n) is 5.78. The average molecular weight is 379 g/mol. The van der Waals surface area contributed by atoms with Crippen LogP contribution in [0.15, 0.2) is 17.1 Å². The van der Waals surface area contributed by atoms with E-state index in [4.69, 9.17) is 4.99 Å². The molecule has 27 heavy (non-hydrogen) atoms. The molecule has 0 aromatic heterocycles. The Labute approximate surface area is 168 Å². The van der Waals surface area contributed by atoms with E-state index in [-0.39, 0.29) is 5.91 Å². The van der Waals surface area contributed by atoms with Gasteiger partial charge >= 0.3 is 0 Å². The zero-order chi connectivity index (χ0) is 19.8. The third-order valence-corrected chi connectivity index (χ3v) is 5.78. The summed E-state index contributed by atoms with van der Waals surface area (Å²) in [6.07, 6.45) is 19.0. The van der Waals surface area contributed by atoms with Crippen molar-refractivity contribution < 1.29 is 9.28 Å². The van der Waals surface area contributed by atoms with Crippen molar-refractivity contribution in [1.82, 2.24) is 5.32 Å². The molecule has 1 N–H and O–H groups in total. The first-order chi connectivity index (χ1) is 13.1. The van der Waals surface area contributed by atoms with Crippen LogP contribution in [-0.2, 0) is 4.79 Å². The number of nitrogens with one attached hydrogen (secondary N) is 1. The molecule has 1 aliphatic heterocycles. The number of carbonyl (C=O) groups is 1. The van der Waals surface area contributed by atoms with Crippen molar-refractivity contribution in [2.45, 2.75) is 91.4 Å². The lowest BCUT2D eigenvalue weighted by molar-refractivity contribution is -0.833. The first kappa shape index (κ1) is 23.9. The van der Waals surface area contributed by atoms with Gasteiger partial charge in [0.25, 0.3) is 0 Å². The lowest BCUT2D eigenvalue weighted by Gasteiger charge is -2.33. The van der Waals surface area contributed by atoms with Crippen LogP contribution < -0.4 is 5.32 Å². The van der Waals surface area contributed by atoms with Crippen LogP contribution >= 0.6 is 0 Å². The molecule has 156 valence electrons. The van der Waals surface area contributed by atoms with E-state index in [9.17, 15) is 4.79 Å². The van der Waals surface area contributed by atoms with E-state index in [0.29, 0.717) is 0 Å². The fourth-order valence-corrected chi connectivity index (χ4v) is 3.98. The monoisotopic (exact) mass is 378 g/mol. The van der Waals surface area contributed by atoms with Gasteiger partial charge in [-0.05, 0) is 32.6 Å². The lowest BCUT2D eigenvalue weighted by atomic mass is 10.1. The summed E-state index contributed by atoms with van der Waals surface area (Å²) in [4.78, 5) is 16.0. The van der Waals surface area contributed by atoms with Gasteiger partial charge in [0.05, 0.1) is 19.6 Å². The molecule has 1 unspecified atom stereocenters. The molecule has 0 radical (unpaired) electrons. The predicted molar refractivity (Wildman–Crippen MR) is 117 cm³/mol. The Hall–Kier alpha value is -1.16. The smallest absolute Gasteiger partial charge is 0.217 e. The molecule has 1 rings (SSSR count). The maximum absolute atomic E-state index is 11.1. The van der Waals surface area contributed by atoms with Crippen LogP contribution in [0.3, 0.4) is 0 Å². The Balaban J connectivity index is 2.10. The minimum atomic E-state index is 0.0684. The van der Waals surface area contributed by atoms with Crippen molar-refractivity contribution in [1.29, 1.82) is 0 Å². The number of hydrogen-bond donors (Lipinski definition) is 1. The summed E-state index contributed by atoms with van der Waals surface area (Å²) in [5, 5.41) is 2.95. The molecule has 0 saturated carbocycles.